The number of guanidine groups is 1. The van der Waals surface area contributed by atoms with Gasteiger partial charge in [-0.15, -0.1) is 24.0 Å². The van der Waals surface area contributed by atoms with Gasteiger partial charge in [0.25, 0.3) is 0 Å². The molecule has 1 N–H and O–H groups in total. The van der Waals surface area contributed by atoms with Gasteiger partial charge in [0.1, 0.15) is 6.10 Å². The van der Waals surface area contributed by atoms with Crippen molar-refractivity contribution in [2.24, 2.45) is 10.9 Å². The van der Waals surface area contributed by atoms with Crippen molar-refractivity contribution in [3.05, 3.63) is 24.3 Å². The van der Waals surface area contributed by atoms with Crippen LogP contribution >= 0.6 is 24.0 Å². The topological polar surface area (TPSA) is 55.3 Å². The number of hydrogen-bond acceptors (Lipinski definition) is 4. The van der Waals surface area contributed by atoms with Crippen molar-refractivity contribution in [3.63, 3.8) is 0 Å². The predicted molar refractivity (Wildman–Crippen MR) is 116 cm³/mol. The van der Waals surface area contributed by atoms with Crippen molar-refractivity contribution in [3.8, 4) is 11.5 Å². The van der Waals surface area contributed by atoms with Crippen LogP contribution in [-0.2, 0) is 4.74 Å². The van der Waals surface area contributed by atoms with Crippen molar-refractivity contribution in [2.75, 3.05) is 47.0 Å². The molecule has 1 fully saturated rings. The van der Waals surface area contributed by atoms with Crippen molar-refractivity contribution >= 4 is 29.9 Å². The average molecular weight is 477 g/mol. The number of halogens is 1. The molecule has 1 aliphatic heterocycles. The Kier molecular flexibility index (Phi) is 10.7. The van der Waals surface area contributed by atoms with E-state index in [1.165, 1.54) is 0 Å². The molecule has 2 unspecified atom stereocenters. The molecule has 1 saturated heterocycles. The van der Waals surface area contributed by atoms with E-state index in [-0.39, 0.29) is 30.1 Å². The molecule has 6 nitrogen and oxygen atoms in total. The van der Waals surface area contributed by atoms with Gasteiger partial charge in [0.15, 0.2) is 17.5 Å². The van der Waals surface area contributed by atoms with Gasteiger partial charge in [-0.3, -0.25) is 0 Å². The van der Waals surface area contributed by atoms with Gasteiger partial charge < -0.3 is 24.4 Å². The van der Waals surface area contributed by atoms with Crippen LogP contribution in [0.15, 0.2) is 29.3 Å². The van der Waals surface area contributed by atoms with E-state index < -0.39 is 0 Å². The van der Waals surface area contributed by atoms with Gasteiger partial charge in [-0.1, -0.05) is 12.1 Å². The highest BCUT2D eigenvalue weighted by Gasteiger charge is 2.19. The van der Waals surface area contributed by atoms with Crippen molar-refractivity contribution in [1.82, 2.24) is 10.2 Å². The quantitative estimate of drug-likeness (QED) is 0.355. The molecular formula is C19H32IN3O3. The fourth-order valence-electron chi connectivity index (χ4n) is 2.86. The van der Waals surface area contributed by atoms with Crippen LogP contribution in [0.4, 0.5) is 0 Å². The van der Waals surface area contributed by atoms with Crippen LogP contribution in [0.25, 0.3) is 0 Å². The maximum Gasteiger partial charge on any atom is 0.193 e. The zero-order valence-corrected chi connectivity index (χ0v) is 18.6. The van der Waals surface area contributed by atoms with Crippen LogP contribution in [0.1, 0.15) is 20.3 Å². The number of rotatable bonds is 8. The molecule has 2 atom stereocenters. The summed E-state index contributed by atoms with van der Waals surface area (Å²) in [6.45, 7) is 8.18. The third-order valence-electron chi connectivity index (χ3n) is 4.15. The zero-order valence-electron chi connectivity index (χ0n) is 16.2. The summed E-state index contributed by atoms with van der Waals surface area (Å²) in [5.74, 6) is 2.97. The first-order chi connectivity index (χ1) is 12.1. The van der Waals surface area contributed by atoms with Crippen LogP contribution < -0.4 is 14.8 Å². The molecule has 148 valence electrons. The van der Waals surface area contributed by atoms with Gasteiger partial charge in [0, 0.05) is 32.7 Å². The number of ether oxygens (including phenoxy) is 3. The Labute approximate surface area is 174 Å². The lowest BCUT2D eigenvalue weighted by Crippen LogP contribution is -2.42. The lowest BCUT2D eigenvalue weighted by atomic mass is 10.1. The Morgan fingerprint density at radius 1 is 1.38 bits per heavy atom. The van der Waals surface area contributed by atoms with Gasteiger partial charge in [-0.2, -0.15) is 0 Å². The molecule has 1 aromatic carbocycles. The van der Waals surface area contributed by atoms with Gasteiger partial charge in [0.2, 0.25) is 0 Å². The molecule has 0 bridgehead atoms. The minimum atomic E-state index is -0.0480. The first-order valence-corrected chi connectivity index (χ1v) is 9.00. The fourth-order valence-corrected chi connectivity index (χ4v) is 2.86. The molecule has 0 saturated carbocycles. The summed E-state index contributed by atoms with van der Waals surface area (Å²) in [6, 6.07) is 7.68. The van der Waals surface area contributed by atoms with Gasteiger partial charge >= 0.3 is 0 Å². The summed E-state index contributed by atoms with van der Waals surface area (Å²) in [4.78, 5) is 6.91. The lowest BCUT2D eigenvalue weighted by Gasteiger charge is -2.25. The number of hydrogen-bond donors (Lipinski definition) is 1. The lowest BCUT2D eigenvalue weighted by molar-refractivity contribution is 0.181. The van der Waals surface area contributed by atoms with E-state index in [1.807, 2.05) is 31.2 Å². The Bertz CT molecular complexity index is 551. The van der Waals surface area contributed by atoms with Crippen molar-refractivity contribution < 1.29 is 14.2 Å². The maximum atomic E-state index is 5.98. The molecular weight excluding hydrogens is 445 g/mol. The zero-order chi connectivity index (χ0) is 18.1. The SMILES string of the molecule is CCNC(=NCC(C)Oc1ccccc1OC)N(C)CC1CCOC1.I. The summed E-state index contributed by atoms with van der Waals surface area (Å²) >= 11 is 0. The number of nitrogens with zero attached hydrogens (tertiary/aromatic N) is 2. The van der Waals surface area contributed by atoms with E-state index in [0.717, 1.165) is 50.2 Å². The highest BCUT2D eigenvalue weighted by atomic mass is 127. The van der Waals surface area contributed by atoms with E-state index in [0.29, 0.717) is 12.5 Å². The normalized spacial score (nSPS) is 18.0. The molecule has 26 heavy (non-hydrogen) atoms. The summed E-state index contributed by atoms with van der Waals surface area (Å²) in [7, 11) is 3.72. The third kappa shape index (κ3) is 7.19. The Hall–Kier alpha value is -1.22. The van der Waals surface area contributed by atoms with E-state index in [9.17, 15) is 0 Å². The predicted octanol–water partition coefficient (Wildman–Crippen LogP) is 3.01. The second kappa shape index (κ2) is 12.2. The molecule has 1 aromatic rings. The highest BCUT2D eigenvalue weighted by Crippen LogP contribution is 2.26. The minimum Gasteiger partial charge on any atom is -0.493 e. The number of para-hydroxylation sites is 2. The molecule has 0 aliphatic carbocycles. The van der Waals surface area contributed by atoms with Gasteiger partial charge in [-0.05, 0) is 32.4 Å². The van der Waals surface area contributed by atoms with E-state index >= 15 is 0 Å². The molecule has 0 aromatic heterocycles. The van der Waals surface area contributed by atoms with Crippen LogP contribution in [0.3, 0.4) is 0 Å². The third-order valence-corrected chi connectivity index (χ3v) is 4.15. The van der Waals surface area contributed by atoms with E-state index in [2.05, 4.69) is 24.2 Å². The van der Waals surface area contributed by atoms with Crippen LogP contribution in [0.2, 0.25) is 0 Å². The average Bonchev–Trinajstić information content (AvgIpc) is 3.12. The van der Waals surface area contributed by atoms with Crippen LogP contribution in [0, 0.1) is 5.92 Å². The second-order valence-electron chi connectivity index (χ2n) is 6.38. The Morgan fingerprint density at radius 2 is 2.12 bits per heavy atom. The molecule has 7 heteroatoms. The van der Waals surface area contributed by atoms with Crippen molar-refractivity contribution in [2.45, 2.75) is 26.4 Å². The molecule has 0 spiro atoms. The number of nitrogens with one attached hydrogen (secondary N) is 1. The van der Waals surface area contributed by atoms with Crippen molar-refractivity contribution in [1.29, 1.82) is 0 Å². The minimum absolute atomic E-state index is 0. The molecule has 2 rings (SSSR count). The fraction of sp³-hybridized carbons (Fsp3) is 0.632. The molecule has 1 aliphatic rings. The van der Waals surface area contributed by atoms with Gasteiger partial charge in [0.05, 0.1) is 20.3 Å². The summed E-state index contributed by atoms with van der Waals surface area (Å²) in [6.07, 6.45) is 1.07. The monoisotopic (exact) mass is 477 g/mol. The van der Waals surface area contributed by atoms with E-state index in [1.54, 1.807) is 7.11 Å². The molecule has 0 amide bonds. The summed E-state index contributed by atoms with van der Waals surface area (Å²) in [5.41, 5.74) is 0. The van der Waals surface area contributed by atoms with E-state index in [4.69, 9.17) is 19.2 Å². The van der Waals surface area contributed by atoms with Gasteiger partial charge in [-0.25, -0.2) is 4.99 Å². The first-order valence-electron chi connectivity index (χ1n) is 9.00. The Morgan fingerprint density at radius 3 is 2.73 bits per heavy atom. The largest absolute Gasteiger partial charge is 0.493 e. The first kappa shape index (κ1) is 22.8. The molecule has 1 heterocycles. The molecule has 0 radical (unpaired) electrons. The Balaban J connectivity index is 0.00000338. The maximum absolute atomic E-state index is 5.98. The number of aliphatic imine (C=N–C) groups is 1. The second-order valence-corrected chi connectivity index (χ2v) is 6.38. The smallest absolute Gasteiger partial charge is 0.193 e. The summed E-state index contributed by atoms with van der Waals surface area (Å²) < 4.78 is 16.8. The highest BCUT2D eigenvalue weighted by molar-refractivity contribution is 14.0. The standard InChI is InChI=1S/C19H31N3O3.HI/c1-5-20-19(22(3)13-16-10-11-24-14-16)21-12-15(2)25-18-9-7-6-8-17(18)23-4;/h6-9,15-16H,5,10-14H2,1-4H3,(H,20,21);1H. The number of benzene rings is 1. The number of methoxy groups -OCH3 is 1. The summed E-state index contributed by atoms with van der Waals surface area (Å²) in [5, 5.41) is 3.35. The van der Waals surface area contributed by atoms with Crippen LogP contribution in [0.5, 0.6) is 11.5 Å². The van der Waals surface area contributed by atoms with Crippen LogP contribution in [-0.4, -0.2) is 64.0 Å².